The van der Waals surface area contributed by atoms with Crippen LogP contribution >= 0.6 is 0 Å². The van der Waals surface area contributed by atoms with Gasteiger partial charge in [-0.2, -0.15) is 0 Å². The number of rotatable bonds is 8. The topological polar surface area (TPSA) is 79.0 Å². The van der Waals surface area contributed by atoms with Gasteiger partial charge >= 0.3 is 0 Å². The van der Waals surface area contributed by atoms with Gasteiger partial charge in [0, 0.05) is 44.1 Å². The summed E-state index contributed by atoms with van der Waals surface area (Å²) in [5.41, 5.74) is 2.01. The average Bonchev–Trinajstić information content (AvgIpc) is 3.20. The van der Waals surface area contributed by atoms with Crippen LogP contribution in [-0.2, 0) is 27.3 Å². The van der Waals surface area contributed by atoms with Crippen LogP contribution in [0.5, 0.6) is 5.75 Å². The minimum Gasteiger partial charge on any atom is -0.497 e. The first kappa shape index (κ1) is 24.7. The van der Waals surface area contributed by atoms with E-state index in [0.29, 0.717) is 56.6 Å². The summed E-state index contributed by atoms with van der Waals surface area (Å²) in [4.78, 5) is 41.1. The third-order valence-electron chi connectivity index (χ3n) is 6.97. The summed E-state index contributed by atoms with van der Waals surface area (Å²) in [7, 11) is 1.48. The van der Waals surface area contributed by atoms with Gasteiger partial charge in [-0.15, -0.1) is 0 Å². The van der Waals surface area contributed by atoms with E-state index in [2.05, 4.69) is 11.4 Å². The first-order valence-electron chi connectivity index (χ1n) is 12.0. The first-order valence-corrected chi connectivity index (χ1v) is 12.0. The molecule has 1 N–H and O–H groups in total. The number of halogens is 1. The maximum Gasteiger partial charge on any atom is 0.242 e. The lowest BCUT2D eigenvalue weighted by molar-refractivity contribution is -0.145. The third-order valence-corrected chi connectivity index (χ3v) is 6.97. The van der Waals surface area contributed by atoms with E-state index in [-0.39, 0.29) is 30.7 Å². The van der Waals surface area contributed by atoms with Gasteiger partial charge in [0.15, 0.2) is 0 Å². The number of hydrogen-bond acceptors (Lipinski definition) is 4. The minimum atomic E-state index is -0.681. The molecule has 2 saturated heterocycles. The number of piperazine rings is 1. The molecule has 1 atom stereocenters. The van der Waals surface area contributed by atoms with E-state index in [1.54, 1.807) is 21.9 Å². The number of carbonyl (C=O) groups is 3. The number of carbonyl (C=O) groups excluding carboxylic acids is 3. The van der Waals surface area contributed by atoms with Crippen molar-refractivity contribution >= 4 is 17.7 Å². The number of nitrogens with one attached hydrogen (secondary N) is 1. The largest absolute Gasteiger partial charge is 0.497 e. The number of methoxy groups -OCH3 is 1. The molecule has 4 rings (SSSR count). The molecule has 2 fully saturated rings. The van der Waals surface area contributed by atoms with E-state index < -0.39 is 11.4 Å². The van der Waals surface area contributed by atoms with Crippen molar-refractivity contribution in [2.24, 2.45) is 0 Å². The molecule has 8 heteroatoms. The summed E-state index contributed by atoms with van der Waals surface area (Å²) in [6.45, 7) is 3.56. The number of nitrogens with zero attached hydrogens (tertiary/aromatic N) is 2. The zero-order valence-electron chi connectivity index (χ0n) is 20.3. The van der Waals surface area contributed by atoms with Crippen molar-refractivity contribution in [2.75, 3.05) is 26.7 Å². The number of amides is 3. The zero-order valence-corrected chi connectivity index (χ0v) is 20.3. The molecular formula is C27H32FN3O4. The molecule has 0 bridgehead atoms. The first-order chi connectivity index (χ1) is 16.8. The van der Waals surface area contributed by atoms with Crippen molar-refractivity contribution < 1.29 is 23.5 Å². The van der Waals surface area contributed by atoms with Gasteiger partial charge in [-0.05, 0) is 43.4 Å². The Morgan fingerprint density at radius 3 is 2.66 bits per heavy atom. The second-order valence-corrected chi connectivity index (χ2v) is 9.58. The summed E-state index contributed by atoms with van der Waals surface area (Å²) in [6.07, 6.45) is 1.75. The molecule has 7 nitrogen and oxygen atoms in total. The van der Waals surface area contributed by atoms with E-state index in [1.807, 2.05) is 25.1 Å². The Morgan fingerprint density at radius 1 is 1.17 bits per heavy atom. The number of benzene rings is 2. The maximum atomic E-state index is 14.6. The summed E-state index contributed by atoms with van der Waals surface area (Å²) in [6, 6.07) is 12.7. The highest BCUT2D eigenvalue weighted by molar-refractivity contribution is 5.86. The fourth-order valence-electron chi connectivity index (χ4n) is 4.97. The third kappa shape index (κ3) is 5.99. The predicted octanol–water partition coefficient (Wildman–Crippen LogP) is 2.99. The highest BCUT2D eigenvalue weighted by atomic mass is 19.1. The lowest BCUT2D eigenvalue weighted by atomic mass is 9.84. The standard InChI is InChI=1S/C27H32FN3O4/c1-19-4-3-5-20(14-19)17-30-12-13-31(18-26(30)34)25(33)9-11-27(10-8-24(32)29-27)16-21-6-7-22(35-2)15-23(21)28/h3-7,14-15H,8-13,16-18H2,1-2H3,(H,29,32)/t27-/m0/s1. The fraction of sp³-hybridized carbons (Fsp3) is 0.444. The SMILES string of the molecule is COc1ccc(C[C@@]2(CCC(=O)N3CCN(Cc4cccc(C)c4)C(=O)C3)CCC(=O)N2)c(F)c1. The van der Waals surface area contributed by atoms with Gasteiger partial charge in [-0.3, -0.25) is 14.4 Å². The number of aryl methyl sites for hydroxylation is 1. The molecule has 0 saturated carbocycles. The van der Waals surface area contributed by atoms with Gasteiger partial charge in [-0.1, -0.05) is 35.9 Å². The van der Waals surface area contributed by atoms with E-state index in [0.717, 1.165) is 11.1 Å². The van der Waals surface area contributed by atoms with Crippen LogP contribution in [0.1, 0.15) is 42.4 Å². The highest BCUT2D eigenvalue weighted by Gasteiger charge is 2.39. The van der Waals surface area contributed by atoms with Crippen LogP contribution in [0, 0.1) is 12.7 Å². The van der Waals surface area contributed by atoms with Gasteiger partial charge in [0.05, 0.1) is 13.7 Å². The average molecular weight is 482 g/mol. The lowest BCUT2D eigenvalue weighted by Gasteiger charge is -2.35. The molecule has 2 aliphatic rings. The van der Waals surface area contributed by atoms with Gasteiger partial charge in [0.1, 0.15) is 11.6 Å². The Hall–Kier alpha value is -3.42. The Kier molecular flexibility index (Phi) is 7.38. The molecule has 186 valence electrons. The van der Waals surface area contributed by atoms with Crippen LogP contribution in [0.25, 0.3) is 0 Å². The zero-order chi connectivity index (χ0) is 25.0. The van der Waals surface area contributed by atoms with E-state index in [4.69, 9.17) is 4.74 Å². The van der Waals surface area contributed by atoms with Crippen molar-refractivity contribution in [1.29, 1.82) is 0 Å². The minimum absolute atomic E-state index is 0.0527. The summed E-state index contributed by atoms with van der Waals surface area (Å²) >= 11 is 0. The predicted molar refractivity (Wildman–Crippen MR) is 129 cm³/mol. The van der Waals surface area contributed by atoms with Crippen molar-refractivity contribution in [2.45, 2.75) is 51.1 Å². The molecule has 2 aliphatic heterocycles. The van der Waals surface area contributed by atoms with Crippen LogP contribution in [0.3, 0.4) is 0 Å². The van der Waals surface area contributed by atoms with Gasteiger partial charge < -0.3 is 19.9 Å². The number of hydrogen-bond donors (Lipinski definition) is 1. The van der Waals surface area contributed by atoms with Crippen LogP contribution in [0.2, 0.25) is 0 Å². The molecule has 0 radical (unpaired) electrons. The summed E-state index contributed by atoms with van der Waals surface area (Å²) in [5.74, 6) is -0.255. The van der Waals surface area contributed by atoms with Crippen LogP contribution < -0.4 is 10.1 Å². The summed E-state index contributed by atoms with van der Waals surface area (Å²) in [5, 5.41) is 2.99. The normalized spacial score (nSPS) is 20.2. The monoisotopic (exact) mass is 481 g/mol. The highest BCUT2D eigenvalue weighted by Crippen LogP contribution is 2.31. The Balaban J connectivity index is 1.35. The van der Waals surface area contributed by atoms with Crippen LogP contribution in [0.15, 0.2) is 42.5 Å². The Morgan fingerprint density at radius 2 is 2.00 bits per heavy atom. The lowest BCUT2D eigenvalue weighted by Crippen LogP contribution is -2.52. The second-order valence-electron chi connectivity index (χ2n) is 9.58. The molecule has 0 spiro atoms. The molecule has 35 heavy (non-hydrogen) atoms. The van der Waals surface area contributed by atoms with Crippen LogP contribution in [-0.4, -0.2) is 59.8 Å². The maximum absolute atomic E-state index is 14.6. The van der Waals surface area contributed by atoms with E-state index in [1.165, 1.54) is 13.2 Å². The van der Waals surface area contributed by atoms with E-state index >= 15 is 0 Å². The van der Waals surface area contributed by atoms with Gasteiger partial charge in [0.2, 0.25) is 17.7 Å². The fourth-order valence-corrected chi connectivity index (χ4v) is 4.97. The van der Waals surface area contributed by atoms with E-state index in [9.17, 15) is 18.8 Å². The van der Waals surface area contributed by atoms with Crippen molar-refractivity contribution in [3.8, 4) is 5.75 Å². The molecular weight excluding hydrogens is 449 g/mol. The Labute approximate surface area is 205 Å². The number of ether oxygens (including phenoxy) is 1. The van der Waals surface area contributed by atoms with Crippen LogP contribution in [0.4, 0.5) is 4.39 Å². The molecule has 3 amide bonds. The molecule has 2 heterocycles. The van der Waals surface area contributed by atoms with Gasteiger partial charge in [-0.25, -0.2) is 4.39 Å². The van der Waals surface area contributed by atoms with Crippen molar-refractivity contribution in [3.63, 3.8) is 0 Å². The van der Waals surface area contributed by atoms with Crippen molar-refractivity contribution in [3.05, 3.63) is 65.0 Å². The molecule has 0 aliphatic carbocycles. The Bertz CT molecular complexity index is 1120. The molecule has 2 aromatic rings. The second kappa shape index (κ2) is 10.5. The van der Waals surface area contributed by atoms with Gasteiger partial charge in [0.25, 0.3) is 0 Å². The van der Waals surface area contributed by atoms with Crippen molar-refractivity contribution in [1.82, 2.24) is 15.1 Å². The summed E-state index contributed by atoms with van der Waals surface area (Å²) < 4.78 is 19.7. The smallest absolute Gasteiger partial charge is 0.242 e. The molecule has 2 aromatic carbocycles. The molecule has 0 unspecified atom stereocenters. The molecule has 0 aromatic heterocycles. The quantitative estimate of drug-likeness (QED) is 0.629.